The maximum atomic E-state index is 13.2. The van der Waals surface area contributed by atoms with Crippen molar-refractivity contribution in [2.24, 2.45) is 0 Å². The van der Waals surface area contributed by atoms with Crippen LogP contribution in [0.3, 0.4) is 0 Å². The van der Waals surface area contributed by atoms with Crippen LogP contribution in [-0.4, -0.2) is 35.4 Å². The predicted molar refractivity (Wildman–Crippen MR) is 117 cm³/mol. The van der Waals surface area contributed by atoms with E-state index in [2.05, 4.69) is 20.4 Å². The van der Waals surface area contributed by atoms with Crippen molar-refractivity contribution < 1.29 is 14.4 Å². The smallest absolute Gasteiger partial charge is 0.243 e. The van der Waals surface area contributed by atoms with Crippen LogP contribution < -0.4 is 10.8 Å². The minimum Gasteiger partial charge on any atom is -0.328 e. The molecule has 3 heterocycles. The molecule has 9 nitrogen and oxygen atoms in total. The van der Waals surface area contributed by atoms with E-state index in [1.54, 1.807) is 30.0 Å². The maximum Gasteiger partial charge on any atom is 0.243 e. The highest BCUT2D eigenvalue weighted by Crippen LogP contribution is 2.19. The molecule has 0 aliphatic heterocycles. The molecule has 4 aromatic rings. The molecule has 1 aromatic carbocycles. The normalized spacial score (nSPS) is 11.1. The molecule has 32 heavy (non-hydrogen) atoms. The van der Waals surface area contributed by atoms with Gasteiger partial charge in [-0.1, -0.05) is 18.6 Å². The number of fused-ring (bicyclic) bond motifs is 1. The summed E-state index contributed by atoms with van der Waals surface area (Å²) in [5.41, 5.74) is 4.18. The number of unbranched alkanes of at least 4 members (excludes halogenated alkanes) is 2. The number of halogens is 1. The summed E-state index contributed by atoms with van der Waals surface area (Å²) in [5, 5.41) is 16.9. The summed E-state index contributed by atoms with van der Waals surface area (Å²) in [6, 6.07) is 8.37. The molecule has 0 bridgehead atoms. The van der Waals surface area contributed by atoms with Gasteiger partial charge in [-0.15, -0.1) is 0 Å². The highest BCUT2D eigenvalue weighted by Gasteiger charge is 2.08. The van der Waals surface area contributed by atoms with Crippen molar-refractivity contribution in [2.75, 3.05) is 5.32 Å². The fraction of sp³-hybridized carbons (Fsp3) is 0.273. The van der Waals surface area contributed by atoms with Crippen molar-refractivity contribution in [3.8, 4) is 0 Å². The van der Waals surface area contributed by atoms with E-state index in [0.29, 0.717) is 25.3 Å². The van der Waals surface area contributed by atoms with Crippen molar-refractivity contribution in [2.45, 2.75) is 38.8 Å². The second kappa shape index (κ2) is 10.0. The summed E-state index contributed by atoms with van der Waals surface area (Å²) in [7, 11) is 0. The molecule has 0 unspecified atom stereocenters. The van der Waals surface area contributed by atoms with Crippen molar-refractivity contribution >= 4 is 28.6 Å². The van der Waals surface area contributed by atoms with E-state index in [1.807, 2.05) is 27.7 Å². The number of amides is 1. The van der Waals surface area contributed by atoms with E-state index in [4.69, 9.17) is 5.21 Å². The van der Waals surface area contributed by atoms with Crippen molar-refractivity contribution in [3.63, 3.8) is 0 Å². The fourth-order valence-electron chi connectivity index (χ4n) is 3.42. The lowest BCUT2D eigenvalue weighted by atomic mass is 10.2. The van der Waals surface area contributed by atoms with E-state index in [9.17, 15) is 9.18 Å². The number of aryl methyl sites for hydroxylation is 1. The number of aromatic nitrogens is 5. The molecule has 0 atom stereocenters. The van der Waals surface area contributed by atoms with Crippen LogP contribution in [0, 0.1) is 5.82 Å². The van der Waals surface area contributed by atoms with Crippen molar-refractivity contribution in [1.82, 2.24) is 29.8 Å². The number of benzene rings is 1. The molecule has 3 N–H and O–H groups in total. The third-order valence-corrected chi connectivity index (χ3v) is 5.07. The van der Waals surface area contributed by atoms with Gasteiger partial charge in [-0.2, -0.15) is 10.1 Å². The Bertz CT molecular complexity index is 1190. The molecule has 1 amide bonds. The Balaban J connectivity index is 1.36. The molecule has 10 heteroatoms. The molecule has 0 fully saturated rings. The SMILES string of the molecule is O=C(CCCCCn1cc(Nc2ncc3ccn(Cc4ccc(F)cc4)c3n2)cn1)NO. The van der Waals surface area contributed by atoms with Crippen LogP contribution >= 0.6 is 0 Å². The maximum absolute atomic E-state index is 13.2. The Labute approximate surface area is 183 Å². The first-order valence-electron chi connectivity index (χ1n) is 10.4. The third kappa shape index (κ3) is 5.46. The summed E-state index contributed by atoms with van der Waals surface area (Å²) >= 11 is 0. The Hall–Kier alpha value is -3.79. The third-order valence-electron chi connectivity index (χ3n) is 5.07. The van der Waals surface area contributed by atoms with E-state index in [1.165, 1.54) is 12.1 Å². The van der Waals surface area contributed by atoms with Crippen molar-refractivity contribution in [1.29, 1.82) is 0 Å². The topological polar surface area (TPSA) is 110 Å². The van der Waals surface area contributed by atoms with Crippen LogP contribution in [0.1, 0.15) is 31.2 Å². The molecule has 0 spiro atoms. The van der Waals surface area contributed by atoms with Crippen LogP contribution in [0.4, 0.5) is 16.0 Å². The summed E-state index contributed by atoms with van der Waals surface area (Å²) in [4.78, 5) is 20.0. The summed E-state index contributed by atoms with van der Waals surface area (Å²) in [6.45, 7) is 1.31. The monoisotopic (exact) mass is 437 g/mol. The number of hydrogen-bond donors (Lipinski definition) is 3. The Morgan fingerprint density at radius 3 is 2.75 bits per heavy atom. The van der Waals surface area contributed by atoms with Gasteiger partial charge in [-0.25, -0.2) is 14.9 Å². The van der Waals surface area contributed by atoms with Gasteiger partial charge in [0, 0.05) is 43.5 Å². The highest BCUT2D eigenvalue weighted by molar-refractivity contribution is 5.77. The number of anilines is 2. The number of rotatable bonds is 10. The molecule has 0 saturated heterocycles. The van der Waals surface area contributed by atoms with Gasteiger partial charge in [-0.3, -0.25) is 14.7 Å². The largest absolute Gasteiger partial charge is 0.328 e. The zero-order valence-electron chi connectivity index (χ0n) is 17.4. The average molecular weight is 437 g/mol. The minimum atomic E-state index is -0.364. The van der Waals surface area contributed by atoms with Crippen LogP contribution in [-0.2, 0) is 17.9 Å². The molecular weight excluding hydrogens is 413 g/mol. The lowest BCUT2D eigenvalue weighted by molar-refractivity contribution is -0.129. The molecule has 0 aliphatic rings. The molecular formula is C22H24FN7O2. The van der Waals surface area contributed by atoms with Gasteiger partial charge in [0.1, 0.15) is 11.5 Å². The van der Waals surface area contributed by atoms with Crippen LogP contribution in [0.2, 0.25) is 0 Å². The molecule has 3 aromatic heterocycles. The van der Waals surface area contributed by atoms with Gasteiger partial charge in [-0.05, 0) is 36.6 Å². The lowest BCUT2D eigenvalue weighted by Gasteiger charge is -2.07. The van der Waals surface area contributed by atoms with Gasteiger partial charge in [0.2, 0.25) is 11.9 Å². The first kappa shape index (κ1) is 21.4. The van der Waals surface area contributed by atoms with Crippen molar-refractivity contribution in [3.05, 3.63) is 66.5 Å². The number of carbonyl (C=O) groups is 1. The summed E-state index contributed by atoms with van der Waals surface area (Å²) in [6.07, 6.45) is 10.1. The predicted octanol–water partition coefficient (Wildman–Crippen LogP) is 3.62. The van der Waals surface area contributed by atoms with Crippen LogP contribution in [0.25, 0.3) is 11.0 Å². The van der Waals surface area contributed by atoms with Gasteiger partial charge >= 0.3 is 0 Å². The number of carbonyl (C=O) groups excluding carboxylic acids is 1. The minimum absolute atomic E-state index is 0.255. The average Bonchev–Trinajstić information content (AvgIpc) is 3.41. The Kier molecular flexibility index (Phi) is 6.71. The zero-order chi connectivity index (χ0) is 22.3. The first-order chi connectivity index (χ1) is 15.6. The van der Waals surface area contributed by atoms with Gasteiger partial charge < -0.3 is 9.88 Å². The number of hydroxylamine groups is 1. The van der Waals surface area contributed by atoms with Gasteiger partial charge in [0.25, 0.3) is 0 Å². The number of nitrogens with one attached hydrogen (secondary N) is 2. The molecule has 0 aliphatic carbocycles. The number of hydrogen-bond acceptors (Lipinski definition) is 6. The second-order valence-electron chi connectivity index (χ2n) is 7.51. The summed E-state index contributed by atoms with van der Waals surface area (Å²) in [5.74, 6) is -0.156. The number of nitrogens with zero attached hydrogens (tertiary/aromatic N) is 5. The first-order valence-corrected chi connectivity index (χ1v) is 10.4. The van der Waals surface area contributed by atoms with Crippen LogP contribution in [0.5, 0.6) is 0 Å². The quantitative estimate of drug-likeness (QED) is 0.199. The highest BCUT2D eigenvalue weighted by atomic mass is 19.1. The van der Waals surface area contributed by atoms with Gasteiger partial charge in [0.05, 0.1) is 11.9 Å². The van der Waals surface area contributed by atoms with Crippen LogP contribution in [0.15, 0.2) is 55.1 Å². The van der Waals surface area contributed by atoms with E-state index in [-0.39, 0.29) is 11.7 Å². The molecule has 0 saturated carbocycles. The lowest BCUT2D eigenvalue weighted by Crippen LogP contribution is -2.17. The Morgan fingerprint density at radius 2 is 1.94 bits per heavy atom. The second-order valence-corrected chi connectivity index (χ2v) is 7.51. The zero-order valence-corrected chi connectivity index (χ0v) is 17.4. The van der Waals surface area contributed by atoms with Gasteiger partial charge in [0.15, 0.2) is 0 Å². The molecule has 0 radical (unpaired) electrons. The Morgan fingerprint density at radius 1 is 1.09 bits per heavy atom. The molecule has 166 valence electrons. The van der Waals surface area contributed by atoms with E-state index >= 15 is 0 Å². The standard InChI is InChI=1S/C22H24FN7O2/c23-18-7-5-16(6-8-18)14-29-11-9-17-12-24-22(27-21(17)29)26-19-13-25-30(15-19)10-3-1-2-4-20(31)28-32/h5-9,11-13,15,32H,1-4,10,14H2,(H,28,31)(H,24,26,27). The fourth-order valence-corrected chi connectivity index (χ4v) is 3.42. The van der Waals surface area contributed by atoms with E-state index < -0.39 is 0 Å². The van der Waals surface area contributed by atoms with E-state index in [0.717, 1.165) is 41.7 Å². The molecule has 4 rings (SSSR count). The summed E-state index contributed by atoms with van der Waals surface area (Å²) < 4.78 is 17.0.